The van der Waals surface area contributed by atoms with Crippen LogP contribution in [0.5, 0.6) is 11.5 Å². The van der Waals surface area contributed by atoms with Crippen LogP contribution in [0.25, 0.3) is 11.1 Å². The Morgan fingerprint density at radius 3 is 2.70 bits per heavy atom. The van der Waals surface area contributed by atoms with E-state index in [1.165, 1.54) is 19.2 Å². The maximum Gasteiger partial charge on any atom is 0.323 e. The molecule has 1 aliphatic rings. The number of benzene rings is 3. The van der Waals surface area contributed by atoms with Crippen LogP contribution in [-0.4, -0.2) is 33.3 Å². The number of rotatable bonds is 11. The fourth-order valence-corrected chi connectivity index (χ4v) is 5.47. The predicted molar refractivity (Wildman–Crippen MR) is 158 cm³/mol. The summed E-state index contributed by atoms with van der Waals surface area (Å²) in [6.07, 6.45) is 2.92. The third-order valence-electron chi connectivity index (χ3n) is 7.34. The summed E-state index contributed by atoms with van der Waals surface area (Å²) in [6.45, 7) is 1.50. The first-order valence-corrected chi connectivity index (χ1v) is 14.1. The summed E-state index contributed by atoms with van der Waals surface area (Å²) < 4.78 is 27.2. The number of aliphatic hydroxyl groups excluding tert-OH is 1. The van der Waals surface area contributed by atoms with E-state index in [1.54, 1.807) is 36.5 Å². The Morgan fingerprint density at radius 1 is 1.16 bits per heavy atom. The first-order chi connectivity index (χ1) is 20.7. The van der Waals surface area contributed by atoms with Gasteiger partial charge in [0.2, 0.25) is 0 Å². The number of nitriles is 1. The Bertz CT molecular complexity index is 1690. The summed E-state index contributed by atoms with van der Waals surface area (Å²) in [5.74, 6) is -0.741. The van der Waals surface area contributed by atoms with Crippen LogP contribution in [0.15, 0.2) is 73.1 Å². The minimum atomic E-state index is -1.21. The van der Waals surface area contributed by atoms with Crippen molar-refractivity contribution >= 4 is 17.6 Å². The van der Waals surface area contributed by atoms with Gasteiger partial charge in [-0.2, -0.15) is 5.26 Å². The van der Waals surface area contributed by atoms with Crippen molar-refractivity contribution in [3.8, 4) is 28.7 Å². The number of nitrogens with one attached hydrogen (secondary N) is 1. The SMILES string of the molecule is CC(O)C(NCc1cc(Cl)c(O[C@@H]2CCc3c(-c4ccccc4F)cccc32)cc1OCc1cncc(C#N)c1)C(=O)O. The number of hydrogen-bond donors (Lipinski definition) is 3. The number of halogens is 2. The van der Waals surface area contributed by atoms with Crippen molar-refractivity contribution in [3.63, 3.8) is 0 Å². The number of aromatic nitrogens is 1. The average molecular weight is 602 g/mol. The molecule has 43 heavy (non-hydrogen) atoms. The fourth-order valence-electron chi connectivity index (χ4n) is 5.24. The van der Waals surface area contributed by atoms with Crippen LogP contribution in [0.4, 0.5) is 4.39 Å². The molecular weight excluding hydrogens is 573 g/mol. The number of aliphatic hydroxyl groups is 1. The zero-order valence-electron chi connectivity index (χ0n) is 23.3. The highest BCUT2D eigenvalue weighted by Gasteiger charge is 2.29. The van der Waals surface area contributed by atoms with E-state index in [4.69, 9.17) is 21.1 Å². The summed E-state index contributed by atoms with van der Waals surface area (Å²) in [5.41, 5.74) is 4.93. The molecule has 220 valence electrons. The van der Waals surface area contributed by atoms with E-state index in [9.17, 15) is 24.7 Å². The Morgan fingerprint density at radius 2 is 1.95 bits per heavy atom. The van der Waals surface area contributed by atoms with E-state index < -0.39 is 18.1 Å². The second-order valence-corrected chi connectivity index (χ2v) is 10.7. The van der Waals surface area contributed by atoms with Crippen molar-refractivity contribution in [2.45, 2.75) is 51.2 Å². The van der Waals surface area contributed by atoms with Crippen LogP contribution in [0.2, 0.25) is 5.02 Å². The largest absolute Gasteiger partial charge is 0.488 e. The zero-order valence-corrected chi connectivity index (χ0v) is 24.0. The summed E-state index contributed by atoms with van der Waals surface area (Å²) in [6, 6.07) is 18.2. The maximum absolute atomic E-state index is 14.6. The van der Waals surface area contributed by atoms with Crippen molar-refractivity contribution in [1.29, 1.82) is 5.26 Å². The Hall–Kier alpha value is -4.49. The van der Waals surface area contributed by atoms with Gasteiger partial charge >= 0.3 is 5.97 Å². The molecule has 0 fully saturated rings. The van der Waals surface area contributed by atoms with Crippen LogP contribution >= 0.6 is 11.6 Å². The van der Waals surface area contributed by atoms with Crippen LogP contribution in [0.3, 0.4) is 0 Å². The van der Waals surface area contributed by atoms with Gasteiger partial charge in [0.25, 0.3) is 0 Å². The van der Waals surface area contributed by atoms with Crippen molar-refractivity contribution in [3.05, 3.63) is 112 Å². The summed E-state index contributed by atoms with van der Waals surface area (Å²) in [5, 5.41) is 31.7. The lowest BCUT2D eigenvalue weighted by atomic mass is 9.96. The normalized spacial score (nSPS) is 15.3. The second kappa shape index (κ2) is 13.2. The van der Waals surface area contributed by atoms with Crippen LogP contribution < -0.4 is 14.8 Å². The van der Waals surface area contributed by atoms with Gasteiger partial charge in [-0.25, -0.2) is 4.39 Å². The third kappa shape index (κ3) is 6.78. The molecule has 10 heteroatoms. The molecule has 0 saturated heterocycles. The van der Waals surface area contributed by atoms with E-state index >= 15 is 0 Å². The minimum Gasteiger partial charge on any atom is -0.488 e. The quantitative estimate of drug-likeness (QED) is 0.192. The lowest BCUT2D eigenvalue weighted by Gasteiger charge is -2.21. The van der Waals surface area contributed by atoms with Crippen molar-refractivity contribution in [1.82, 2.24) is 10.3 Å². The molecule has 0 radical (unpaired) electrons. The highest BCUT2D eigenvalue weighted by Crippen LogP contribution is 2.43. The van der Waals surface area contributed by atoms with E-state index in [0.717, 1.165) is 16.7 Å². The van der Waals surface area contributed by atoms with E-state index in [0.29, 0.717) is 51.6 Å². The molecule has 3 N–H and O–H groups in total. The summed E-state index contributed by atoms with van der Waals surface area (Å²) in [7, 11) is 0. The van der Waals surface area contributed by atoms with Gasteiger partial charge in [-0.05, 0) is 54.7 Å². The first-order valence-electron chi connectivity index (χ1n) is 13.7. The summed E-state index contributed by atoms with van der Waals surface area (Å²) in [4.78, 5) is 15.7. The topological polar surface area (TPSA) is 125 Å². The molecular formula is C33H29ClFN3O5. The zero-order chi connectivity index (χ0) is 30.5. The number of carbonyl (C=O) groups is 1. The average Bonchev–Trinajstić information content (AvgIpc) is 3.40. The Kier molecular flexibility index (Phi) is 9.22. The predicted octanol–water partition coefficient (Wildman–Crippen LogP) is 5.98. The standard InChI is InChI=1S/C33H29ClFN3O5/c1-19(39)32(33(40)41)38-17-22-12-27(34)31(13-30(22)42-18-21-11-20(14-36)15-37-16-21)43-29-10-9-24-23(6-4-7-26(24)29)25-5-2-3-8-28(25)35/h2-8,11-13,15-16,19,29,32,38-39H,9-10,17-18H2,1H3,(H,40,41)/t19?,29-,32?/m1/s1. The molecule has 2 unspecified atom stereocenters. The molecule has 1 aromatic heterocycles. The van der Waals surface area contributed by atoms with Crippen molar-refractivity contribution < 1.29 is 28.9 Å². The molecule has 5 rings (SSSR count). The molecule has 1 heterocycles. The maximum atomic E-state index is 14.6. The Balaban J connectivity index is 1.43. The summed E-state index contributed by atoms with van der Waals surface area (Å²) >= 11 is 6.68. The van der Waals surface area contributed by atoms with E-state index in [2.05, 4.69) is 10.3 Å². The number of ether oxygens (including phenoxy) is 2. The highest BCUT2D eigenvalue weighted by atomic mass is 35.5. The molecule has 4 aromatic rings. The number of aliphatic carboxylic acids is 1. The smallest absolute Gasteiger partial charge is 0.323 e. The highest BCUT2D eigenvalue weighted by molar-refractivity contribution is 6.32. The molecule has 3 atom stereocenters. The minimum absolute atomic E-state index is 0.0337. The fraction of sp³-hybridized carbons (Fsp3) is 0.242. The molecule has 3 aromatic carbocycles. The molecule has 0 saturated carbocycles. The first kappa shape index (κ1) is 30.0. The number of carboxylic acid groups (broad SMARTS) is 1. The number of pyridine rings is 1. The lowest BCUT2D eigenvalue weighted by Crippen LogP contribution is -2.44. The molecule has 0 aliphatic heterocycles. The van der Waals surface area contributed by atoms with Gasteiger partial charge in [-0.1, -0.05) is 48.0 Å². The van der Waals surface area contributed by atoms with Gasteiger partial charge in [0.1, 0.15) is 42.1 Å². The number of hydrogen-bond acceptors (Lipinski definition) is 7. The number of fused-ring (bicyclic) bond motifs is 1. The molecule has 0 bridgehead atoms. The molecule has 0 amide bonds. The van der Waals surface area contributed by atoms with Gasteiger partial charge in [-0.3, -0.25) is 15.1 Å². The molecule has 1 aliphatic carbocycles. The van der Waals surface area contributed by atoms with Crippen LogP contribution in [-0.2, 0) is 24.4 Å². The number of carboxylic acids is 1. The number of nitrogens with zero attached hydrogens (tertiary/aromatic N) is 2. The van der Waals surface area contributed by atoms with E-state index in [1.807, 2.05) is 30.3 Å². The monoisotopic (exact) mass is 601 g/mol. The van der Waals surface area contributed by atoms with Crippen molar-refractivity contribution in [2.24, 2.45) is 0 Å². The van der Waals surface area contributed by atoms with Crippen molar-refractivity contribution in [2.75, 3.05) is 0 Å². The van der Waals surface area contributed by atoms with E-state index in [-0.39, 0.29) is 25.1 Å². The lowest BCUT2D eigenvalue weighted by molar-refractivity contribution is -0.142. The van der Waals surface area contributed by atoms with Crippen LogP contribution in [0.1, 0.15) is 47.3 Å². The molecule has 0 spiro atoms. The van der Waals surface area contributed by atoms with Gasteiger partial charge in [0.05, 0.1) is 16.7 Å². The molecule has 8 nitrogen and oxygen atoms in total. The second-order valence-electron chi connectivity index (χ2n) is 10.3. The van der Waals surface area contributed by atoms with Gasteiger partial charge < -0.3 is 19.7 Å². The van der Waals surface area contributed by atoms with Gasteiger partial charge in [0, 0.05) is 41.7 Å². The van der Waals surface area contributed by atoms with Gasteiger partial charge in [0.15, 0.2) is 0 Å². The third-order valence-corrected chi connectivity index (χ3v) is 7.64. The van der Waals surface area contributed by atoms with Gasteiger partial charge in [-0.15, -0.1) is 0 Å². The van der Waals surface area contributed by atoms with Crippen LogP contribution in [0, 0.1) is 17.1 Å². The Labute approximate surface area is 253 Å².